The molecule has 0 aliphatic rings. The summed E-state index contributed by atoms with van der Waals surface area (Å²) in [6.45, 7) is 3.99. The summed E-state index contributed by atoms with van der Waals surface area (Å²) in [7, 11) is 1.49. The Bertz CT molecular complexity index is 578. The summed E-state index contributed by atoms with van der Waals surface area (Å²) in [6, 6.07) is 9.91. The van der Waals surface area contributed by atoms with Crippen LogP contribution in [0.3, 0.4) is 0 Å². The zero-order valence-corrected chi connectivity index (χ0v) is 11.8. The smallest absolute Gasteiger partial charge is 0.257 e. The minimum absolute atomic E-state index is 0.258. The molecule has 0 saturated heterocycles. The maximum Gasteiger partial charge on any atom is 0.257 e. The second kappa shape index (κ2) is 5.83. The normalized spacial score (nSPS) is 11.3. The summed E-state index contributed by atoms with van der Waals surface area (Å²) >= 11 is 0. The van der Waals surface area contributed by atoms with Gasteiger partial charge < -0.3 is 10.1 Å². The van der Waals surface area contributed by atoms with Gasteiger partial charge in [0.15, 0.2) is 5.82 Å². The fourth-order valence-corrected chi connectivity index (χ4v) is 1.56. The Morgan fingerprint density at radius 3 is 2.70 bits per heavy atom. The first kappa shape index (κ1) is 14.2. The van der Waals surface area contributed by atoms with Crippen molar-refractivity contribution in [1.29, 1.82) is 0 Å². The Morgan fingerprint density at radius 2 is 2.05 bits per heavy atom. The summed E-state index contributed by atoms with van der Waals surface area (Å²) in [5.74, 6) is 0.155. The second-order valence-corrected chi connectivity index (χ2v) is 4.96. The molecule has 0 spiro atoms. The van der Waals surface area contributed by atoms with Gasteiger partial charge in [0, 0.05) is 7.11 Å². The van der Waals surface area contributed by atoms with E-state index >= 15 is 0 Å². The molecule has 0 radical (unpaired) electrons. The third kappa shape index (κ3) is 3.42. The zero-order chi connectivity index (χ0) is 14.6. The molecule has 20 heavy (non-hydrogen) atoms. The van der Waals surface area contributed by atoms with Crippen molar-refractivity contribution >= 4 is 11.7 Å². The van der Waals surface area contributed by atoms with Crippen LogP contribution in [0.25, 0.3) is 0 Å². The van der Waals surface area contributed by atoms with Gasteiger partial charge in [-0.3, -0.25) is 4.79 Å². The molecule has 106 valence electrons. The lowest BCUT2D eigenvalue weighted by molar-refractivity contribution is -0.133. The van der Waals surface area contributed by atoms with E-state index in [1.807, 2.05) is 30.3 Å². The predicted molar refractivity (Wildman–Crippen MR) is 75.3 cm³/mol. The summed E-state index contributed by atoms with van der Waals surface area (Å²) < 4.78 is 6.78. The number of anilines is 1. The van der Waals surface area contributed by atoms with Crippen LogP contribution in [0.4, 0.5) is 5.82 Å². The van der Waals surface area contributed by atoms with Gasteiger partial charge in [-0.15, -0.1) is 5.10 Å². The molecule has 0 fully saturated rings. The Hall–Kier alpha value is -2.21. The molecule has 2 rings (SSSR count). The Morgan fingerprint density at radius 1 is 1.35 bits per heavy atom. The van der Waals surface area contributed by atoms with E-state index < -0.39 is 5.60 Å². The van der Waals surface area contributed by atoms with Crippen molar-refractivity contribution < 1.29 is 9.53 Å². The average molecular weight is 274 g/mol. The first-order valence-corrected chi connectivity index (χ1v) is 6.32. The number of methoxy groups -OCH3 is 1. The van der Waals surface area contributed by atoms with Crippen LogP contribution >= 0.6 is 0 Å². The van der Waals surface area contributed by atoms with E-state index in [-0.39, 0.29) is 5.91 Å². The van der Waals surface area contributed by atoms with Crippen LogP contribution in [0.2, 0.25) is 0 Å². The van der Waals surface area contributed by atoms with Crippen LogP contribution < -0.4 is 5.32 Å². The molecule has 0 aliphatic heterocycles. The molecule has 6 heteroatoms. The van der Waals surface area contributed by atoms with Gasteiger partial charge >= 0.3 is 0 Å². The molecule has 1 amide bonds. The first-order chi connectivity index (χ1) is 9.51. The average Bonchev–Trinajstić information content (AvgIpc) is 2.87. The lowest BCUT2D eigenvalue weighted by atomic mass is 10.1. The van der Waals surface area contributed by atoms with Gasteiger partial charge in [-0.05, 0) is 19.4 Å². The van der Waals surface area contributed by atoms with Crippen molar-refractivity contribution in [3.05, 3.63) is 42.1 Å². The Kier molecular flexibility index (Phi) is 4.14. The standard InChI is InChI=1S/C14H18N4O2/c1-14(2,20-3)13(19)15-12-10-18(17-16-12)9-11-7-5-4-6-8-11/h4-8,10H,9H2,1-3H3,(H,15,19). The van der Waals surface area contributed by atoms with Crippen molar-refractivity contribution in [2.45, 2.75) is 26.0 Å². The minimum Gasteiger partial charge on any atom is -0.369 e. The van der Waals surface area contributed by atoms with Crippen molar-refractivity contribution in [3.63, 3.8) is 0 Å². The maximum atomic E-state index is 11.9. The lowest BCUT2D eigenvalue weighted by Crippen LogP contribution is -2.38. The van der Waals surface area contributed by atoms with Crippen LogP contribution in [0.15, 0.2) is 36.5 Å². The van der Waals surface area contributed by atoms with Gasteiger partial charge in [0.05, 0.1) is 12.7 Å². The second-order valence-electron chi connectivity index (χ2n) is 4.96. The van der Waals surface area contributed by atoms with Crippen LogP contribution in [-0.2, 0) is 16.1 Å². The highest BCUT2D eigenvalue weighted by Gasteiger charge is 2.27. The highest BCUT2D eigenvalue weighted by atomic mass is 16.5. The number of amides is 1. The third-order valence-electron chi connectivity index (χ3n) is 3.02. The molecule has 1 N–H and O–H groups in total. The van der Waals surface area contributed by atoms with Gasteiger partial charge in [0.1, 0.15) is 5.60 Å². The van der Waals surface area contributed by atoms with E-state index in [0.29, 0.717) is 12.4 Å². The molecule has 0 bridgehead atoms. The Labute approximate surface area is 117 Å². The number of hydrogen-bond acceptors (Lipinski definition) is 4. The van der Waals surface area contributed by atoms with Crippen molar-refractivity contribution in [1.82, 2.24) is 15.0 Å². The zero-order valence-electron chi connectivity index (χ0n) is 11.8. The Balaban J connectivity index is 2.01. The lowest BCUT2D eigenvalue weighted by Gasteiger charge is -2.20. The number of nitrogens with one attached hydrogen (secondary N) is 1. The molecule has 1 heterocycles. The number of aromatic nitrogens is 3. The van der Waals surface area contributed by atoms with Gasteiger partial charge in [-0.25, -0.2) is 4.68 Å². The van der Waals surface area contributed by atoms with E-state index in [4.69, 9.17) is 4.74 Å². The summed E-state index contributed by atoms with van der Waals surface area (Å²) in [4.78, 5) is 11.9. The van der Waals surface area contributed by atoms with Crippen LogP contribution in [-0.4, -0.2) is 33.6 Å². The van der Waals surface area contributed by atoms with Crippen LogP contribution in [0.5, 0.6) is 0 Å². The predicted octanol–water partition coefficient (Wildman–Crippen LogP) is 1.69. The van der Waals surface area contributed by atoms with E-state index in [2.05, 4.69) is 15.6 Å². The molecule has 0 unspecified atom stereocenters. The van der Waals surface area contributed by atoms with Crippen molar-refractivity contribution in [2.24, 2.45) is 0 Å². The molecule has 2 aromatic rings. The summed E-state index contributed by atoms with van der Waals surface area (Å²) in [6.07, 6.45) is 1.69. The fraction of sp³-hybridized carbons (Fsp3) is 0.357. The summed E-state index contributed by atoms with van der Waals surface area (Å²) in [5, 5.41) is 10.6. The van der Waals surface area contributed by atoms with E-state index in [9.17, 15) is 4.79 Å². The number of nitrogens with zero attached hydrogens (tertiary/aromatic N) is 3. The van der Waals surface area contributed by atoms with E-state index in [1.54, 1.807) is 24.7 Å². The van der Waals surface area contributed by atoms with Crippen LogP contribution in [0.1, 0.15) is 19.4 Å². The van der Waals surface area contributed by atoms with Gasteiger partial charge in [-0.1, -0.05) is 35.5 Å². The monoisotopic (exact) mass is 274 g/mol. The fourth-order valence-electron chi connectivity index (χ4n) is 1.56. The van der Waals surface area contributed by atoms with Crippen molar-refractivity contribution in [3.8, 4) is 0 Å². The maximum absolute atomic E-state index is 11.9. The first-order valence-electron chi connectivity index (χ1n) is 6.32. The topological polar surface area (TPSA) is 69.0 Å². The van der Waals surface area contributed by atoms with Gasteiger partial charge in [0.25, 0.3) is 5.91 Å². The number of rotatable bonds is 5. The van der Waals surface area contributed by atoms with Gasteiger partial charge in [0.2, 0.25) is 0 Å². The number of carbonyl (C=O) groups is 1. The van der Waals surface area contributed by atoms with E-state index in [1.165, 1.54) is 7.11 Å². The molecular formula is C14H18N4O2. The third-order valence-corrected chi connectivity index (χ3v) is 3.02. The molecule has 0 atom stereocenters. The number of benzene rings is 1. The number of hydrogen-bond donors (Lipinski definition) is 1. The quantitative estimate of drug-likeness (QED) is 0.900. The molecule has 1 aromatic heterocycles. The molecule has 1 aromatic carbocycles. The molecule has 6 nitrogen and oxygen atoms in total. The largest absolute Gasteiger partial charge is 0.369 e. The highest BCUT2D eigenvalue weighted by Crippen LogP contribution is 2.11. The SMILES string of the molecule is COC(C)(C)C(=O)Nc1cn(Cc2ccccc2)nn1. The van der Waals surface area contributed by atoms with E-state index in [0.717, 1.165) is 5.56 Å². The van der Waals surface area contributed by atoms with Crippen LogP contribution in [0, 0.1) is 0 Å². The number of carbonyl (C=O) groups excluding carboxylic acids is 1. The number of ether oxygens (including phenoxy) is 1. The molecule has 0 saturated carbocycles. The summed E-state index contributed by atoms with van der Waals surface area (Å²) in [5.41, 5.74) is 0.218. The molecule has 0 aliphatic carbocycles. The van der Waals surface area contributed by atoms with Crippen molar-refractivity contribution in [2.75, 3.05) is 12.4 Å². The van der Waals surface area contributed by atoms with Gasteiger partial charge in [-0.2, -0.15) is 0 Å². The minimum atomic E-state index is -0.900. The molecular weight excluding hydrogens is 256 g/mol. The highest BCUT2D eigenvalue weighted by molar-refractivity contribution is 5.95.